The summed E-state index contributed by atoms with van der Waals surface area (Å²) in [5, 5.41) is 0.515. The highest BCUT2D eigenvalue weighted by Crippen LogP contribution is 2.21. The van der Waals surface area contributed by atoms with E-state index < -0.39 is 10.0 Å². The van der Waals surface area contributed by atoms with Crippen molar-refractivity contribution in [2.75, 3.05) is 4.72 Å². The van der Waals surface area contributed by atoms with Gasteiger partial charge in [-0.2, -0.15) is 0 Å². The molecule has 7 heteroatoms. The van der Waals surface area contributed by atoms with Gasteiger partial charge in [0, 0.05) is 10.7 Å². The lowest BCUT2D eigenvalue weighted by Crippen LogP contribution is -2.14. The van der Waals surface area contributed by atoms with E-state index in [-0.39, 0.29) is 4.91 Å². The molecule has 0 spiro atoms. The first-order chi connectivity index (χ1) is 12.4. The van der Waals surface area contributed by atoms with Gasteiger partial charge in [0.2, 0.25) is 0 Å². The molecule has 0 aliphatic rings. The molecule has 0 amide bonds. The Kier molecular flexibility index (Phi) is 6.38. The van der Waals surface area contributed by atoms with E-state index >= 15 is 0 Å². The smallest absolute Gasteiger partial charge is 0.261 e. The second-order valence-corrected chi connectivity index (χ2v) is 7.28. The number of nitrogens with zero attached hydrogens (tertiary/aromatic N) is 1. The Bertz CT molecular complexity index is 984. The molecule has 0 aliphatic heterocycles. The number of nitrogens with one attached hydrogen (secondary N) is 2. The Labute approximate surface area is 158 Å². The fourth-order valence-corrected chi connectivity index (χ4v) is 3.18. The van der Waals surface area contributed by atoms with Crippen LogP contribution in [0.1, 0.15) is 11.5 Å². The molecule has 0 aliphatic carbocycles. The lowest BCUT2D eigenvalue weighted by molar-refractivity contribution is 0.608. The highest BCUT2D eigenvalue weighted by Gasteiger charge is 2.16. The van der Waals surface area contributed by atoms with Crippen molar-refractivity contribution >= 4 is 39.0 Å². The van der Waals surface area contributed by atoms with Crippen molar-refractivity contribution in [3.05, 3.63) is 95.9 Å². The molecule has 1 aromatic heterocycles. The van der Waals surface area contributed by atoms with Gasteiger partial charge in [0.15, 0.2) is 0 Å². The first-order valence-corrected chi connectivity index (χ1v) is 9.37. The van der Waals surface area contributed by atoms with E-state index in [0.717, 1.165) is 0 Å². The van der Waals surface area contributed by atoms with E-state index in [1.165, 1.54) is 12.2 Å². The van der Waals surface area contributed by atoms with E-state index in [0.29, 0.717) is 27.8 Å². The van der Waals surface area contributed by atoms with Gasteiger partial charge in [-0.3, -0.25) is 4.72 Å². The molecule has 0 fully saturated rings. The maximum absolute atomic E-state index is 12.6. The zero-order chi connectivity index (χ0) is 19.2. The standard InChI is InChI=1S/C19H18ClN3O2S/c1-4-6-7-19-21-13-18(22-19)14(3)12-17(5-2)26(24,25)23-16-10-8-15(20)9-11-16/h4-13,23H,1-3H2,(H,21,22)/b7-6-,17-12+. The maximum Gasteiger partial charge on any atom is 0.261 e. The summed E-state index contributed by atoms with van der Waals surface area (Å²) in [6, 6.07) is 6.34. The normalized spacial score (nSPS) is 12.1. The van der Waals surface area contributed by atoms with Crippen molar-refractivity contribution in [2.24, 2.45) is 0 Å². The van der Waals surface area contributed by atoms with Gasteiger partial charge in [-0.1, -0.05) is 43.5 Å². The molecule has 2 aromatic rings. The number of H-pyrrole nitrogens is 1. The van der Waals surface area contributed by atoms with Crippen LogP contribution in [0.2, 0.25) is 5.02 Å². The molecule has 2 rings (SSSR count). The first kappa shape index (κ1) is 19.5. The van der Waals surface area contributed by atoms with Gasteiger partial charge in [-0.05, 0) is 48.1 Å². The highest BCUT2D eigenvalue weighted by atomic mass is 35.5. The summed E-state index contributed by atoms with van der Waals surface area (Å²) in [5.41, 5.74) is 1.44. The molecule has 1 aromatic carbocycles. The SMILES string of the molecule is C=C/C=C\c1ncc(C(=C)/C=C(\C=C)S(=O)(=O)Nc2ccc(Cl)cc2)[nH]1. The van der Waals surface area contributed by atoms with Gasteiger partial charge >= 0.3 is 0 Å². The molecule has 0 radical (unpaired) electrons. The Balaban J connectivity index is 2.24. The van der Waals surface area contributed by atoms with Crippen LogP contribution >= 0.6 is 11.6 Å². The molecular formula is C19H18ClN3O2S. The van der Waals surface area contributed by atoms with Gasteiger partial charge < -0.3 is 4.98 Å². The predicted octanol–water partition coefficient (Wildman–Crippen LogP) is 4.79. The van der Waals surface area contributed by atoms with Crippen LogP contribution in [0.4, 0.5) is 5.69 Å². The monoisotopic (exact) mass is 387 g/mol. The summed E-state index contributed by atoms with van der Waals surface area (Å²) in [6.45, 7) is 11.1. The summed E-state index contributed by atoms with van der Waals surface area (Å²) in [5.74, 6) is 0.608. The van der Waals surface area contributed by atoms with Crippen LogP contribution in [0.25, 0.3) is 11.6 Å². The first-order valence-electron chi connectivity index (χ1n) is 7.51. The van der Waals surface area contributed by atoms with Crippen molar-refractivity contribution in [2.45, 2.75) is 0 Å². The molecule has 0 atom stereocenters. The Morgan fingerprint density at radius 3 is 2.54 bits per heavy atom. The number of anilines is 1. The van der Waals surface area contributed by atoms with Gasteiger partial charge in [-0.15, -0.1) is 0 Å². The van der Waals surface area contributed by atoms with Gasteiger partial charge in [-0.25, -0.2) is 13.4 Å². The number of aromatic amines is 1. The number of aromatic nitrogens is 2. The predicted molar refractivity (Wildman–Crippen MR) is 109 cm³/mol. The van der Waals surface area contributed by atoms with Crippen LogP contribution in [-0.2, 0) is 10.0 Å². The number of sulfonamides is 1. The molecule has 0 saturated carbocycles. The summed E-state index contributed by atoms with van der Waals surface area (Å²) < 4.78 is 27.6. The highest BCUT2D eigenvalue weighted by molar-refractivity contribution is 7.96. The number of imidazole rings is 1. The molecule has 0 unspecified atom stereocenters. The van der Waals surface area contributed by atoms with Gasteiger partial charge in [0.1, 0.15) is 5.82 Å². The Hall–Kier alpha value is -2.83. The second kappa shape index (κ2) is 8.51. The average Bonchev–Trinajstić information content (AvgIpc) is 3.08. The van der Waals surface area contributed by atoms with Gasteiger partial charge in [0.25, 0.3) is 10.0 Å². The van der Waals surface area contributed by atoms with Gasteiger partial charge in [0.05, 0.1) is 16.8 Å². The van der Waals surface area contributed by atoms with E-state index in [9.17, 15) is 8.42 Å². The molecule has 26 heavy (non-hydrogen) atoms. The lowest BCUT2D eigenvalue weighted by atomic mass is 10.2. The summed E-state index contributed by atoms with van der Waals surface area (Å²) in [4.78, 5) is 7.17. The maximum atomic E-state index is 12.6. The third-order valence-corrected chi connectivity index (χ3v) is 4.92. The number of benzene rings is 1. The molecule has 5 nitrogen and oxygen atoms in total. The topological polar surface area (TPSA) is 74.8 Å². The molecular weight excluding hydrogens is 370 g/mol. The van der Waals surface area contributed by atoms with Crippen molar-refractivity contribution in [1.29, 1.82) is 0 Å². The van der Waals surface area contributed by atoms with Crippen LogP contribution in [0.5, 0.6) is 0 Å². The summed E-state index contributed by atoms with van der Waals surface area (Å²) in [7, 11) is -3.82. The number of allylic oxidation sites excluding steroid dienone is 5. The molecule has 0 saturated heterocycles. The van der Waals surface area contributed by atoms with Crippen LogP contribution in [-0.4, -0.2) is 18.4 Å². The van der Waals surface area contributed by atoms with E-state index in [1.54, 1.807) is 48.7 Å². The van der Waals surface area contributed by atoms with Crippen LogP contribution in [0.3, 0.4) is 0 Å². The van der Waals surface area contributed by atoms with E-state index in [2.05, 4.69) is 34.4 Å². The van der Waals surface area contributed by atoms with Crippen molar-refractivity contribution < 1.29 is 8.42 Å². The second-order valence-electron chi connectivity index (χ2n) is 5.17. The number of halogens is 1. The van der Waals surface area contributed by atoms with E-state index in [1.807, 2.05) is 0 Å². The van der Waals surface area contributed by atoms with Crippen molar-refractivity contribution in [3.63, 3.8) is 0 Å². The fourth-order valence-electron chi connectivity index (χ4n) is 1.97. The van der Waals surface area contributed by atoms with Crippen molar-refractivity contribution in [1.82, 2.24) is 9.97 Å². The summed E-state index contributed by atoms with van der Waals surface area (Å²) in [6.07, 6.45) is 9.33. The number of hydrogen-bond donors (Lipinski definition) is 2. The number of hydrogen-bond acceptors (Lipinski definition) is 3. The van der Waals surface area contributed by atoms with E-state index in [4.69, 9.17) is 11.6 Å². The van der Waals surface area contributed by atoms with Crippen LogP contribution in [0.15, 0.2) is 79.4 Å². The quantitative estimate of drug-likeness (QED) is 0.639. The lowest BCUT2D eigenvalue weighted by Gasteiger charge is -2.09. The Morgan fingerprint density at radius 1 is 1.23 bits per heavy atom. The van der Waals surface area contributed by atoms with Crippen LogP contribution < -0.4 is 4.72 Å². The number of rotatable bonds is 8. The molecule has 1 heterocycles. The zero-order valence-corrected chi connectivity index (χ0v) is 15.5. The minimum Gasteiger partial charge on any atom is -0.339 e. The zero-order valence-electron chi connectivity index (χ0n) is 13.9. The van der Waals surface area contributed by atoms with Crippen LogP contribution in [0, 0.1) is 0 Å². The minimum absolute atomic E-state index is 0.0183. The summed E-state index contributed by atoms with van der Waals surface area (Å²) >= 11 is 5.81. The molecule has 2 N–H and O–H groups in total. The third-order valence-electron chi connectivity index (χ3n) is 3.26. The largest absolute Gasteiger partial charge is 0.339 e. The fraction of sp³-hybridized carbons (Fsp3) is 0. The average molecular weight is 388 g/mol. The molecule has 0 bridgehead atoms. The Morgan fingerprint density at radius 2 is 1.92 bits per heavy atom. The van der Waals surface area contributed by atoms with Crippen molar-refractivity contribution in [3.8, 4) is 0 Å². The molecule has 134 valence electrons. The third kappa shape index (κ3) is 5.08. The minimum atomic E-state index is -3.82.